The third kappa shape index (κ3) is 4.12. The van der Waals surface area contributed by atoms with Crippen molar-refractivity contribution >= 4 is 0 Å². The second-order valence-corrected chi connectivity index (χ2v) is 4.25. The van der Waals surface area contributed by atoms with Gasteiger partial charge in [-0.1, -0.05) is 5.16 Å². The van der Waals surface area contributed by atoms with E-state index < -0.39 is 6.17 Å². The maximum absolute atomic E-state index is 10.7. The Bertz CT molecular complexity index is 432. The van der Waals surface area contributed by atoms with E-state index in [1.165, 1.54) is 0 Å². The van der Waals surface area contributed by atoms with Crippen molar-refractivity contribution in [1.29, 1.82) is 0 Å². The van der Waals surface area contributed by atoms with Crippen LogP contribution in [0.2, 0.25) is 0 Å². The lowest BCUT2D eigenvalue weighted by Crippen LogP contribution is -2.49. The molecule has 0 aliphatic carbocycles. The number of rotatable bonds is 8. The van der Waals surface area contributed by atoms with Crippen molar-refractivity contribution in [1.82, 2.24) is 21.3 Å². The fraction of sp³-hybridized carbons (Fsp3) is 0.545. The molecule has 1 aromatic rings. The summed E-state index contributed by atoms with van der Waals surface area (Å²) in [4.78, 5) is 10.3. The third-order valence-corrected chi connectivity index (χ3v) is 2.86. The van der Waals surface area contributed by atoms with Crippen LogP contribution in [0.4, 0.5) is 0 Å². The van der Waals surface area contributed by atoms with E-state index in [2.05, 4.69) is 21.3 Å². The van der Waals surface area contributed by atoms with Crippen LogP contribution in [0.3, 0.4) is 0 Å². The van der Waals surface area contributed by atoms with Crippen molar-refractivity contribution in [2.75, 3.05) is 13.1 Å². The van der Waals surface area contributed by atoms with Gasteiger partial charge < -0.3 is 4.52 Å². The molecule has 1 unspecified atom stereocenters. The molecule has 104 valence electrons. The highest BCUT2D eigenvalue weighted by molar-refractivity contribution is 5.08. The number of hydrogen-bond acceptors (Lipinski definition) is 7. The molecule has 8 heteroatoms. The minimum Gasteiger partial charge on any atom is -0.365 e. The summed E-state index contributed by atoms with van der Waals surface area (Å²) < 4.78 is 4.74. The molecule has 3 N–H and O–H groups in total. The number of aryl methyl sites for hydroxylation is 1. The van der Waals surface area contributed by atoms with E-state index in [0.717, 1.165) is 31.5 Å². The maximum Gasteiger partial charge on any atom is 0.276 e. The van der Waals surface area contributed by atoms with Crippen molar-refractivity contribution < 1.29 is 9.45 Å². The fourth-order valence-electron chi connectivity index (χ4n) is 1.87. The van der Waals surface area contributed by atoms with E-state index in [1.807, 2.05) is 6.07 Å². The van der Waals surface area contributed by atoms with Crippen LogP contribution in [-0.2, 0) is 6.42 Å². The van der Waals surface area contributed by atoms with Crippen LogP contribution < -0.4 is 16.2 Å². The Labute approximate surface area is 110 Å². The molecule has 0 aromatic carbocycles. The molecule has 0 fully saturated rings. The Morgan fingerprint density at radius 2 is 2.47 bits per heavy atom. The first-order chi connectivity index (χ1) is 9.27. The lowest BCUT2D eigenvalue weighted by atomic mass is 10.2. The Morgan fingerprint density at radius 1 is 1.58 bits per heavy atom. The highest BCUT2D eigenvalue weighted by Gasteiger charge is 2.27. The van der Waals surface area contributed by atoms with Crippen LogP contribution in [0, 0.1) is 10.1 Å². The maximum atomic E-state index is 10.7. The van der Waals surface area contributed by atoms with E-state index >= 15 is 0 Å². The summed E-state index contributed by atoms with van der Waals surface area (Å²) in [5.41, 5.74) is 7.00. The molecule has 0 spiro atoms. The zero-order valence-electron chi connectivity index (χ0n) is 10.5. The lowest BCUT2D eigenvalue weighted by Gasteiger charge is -2.13. The van der Waals surface area contributed by atoms with Gasteiger partial charge in [-0.15, -0.1) is 0 Å². The van der Waals surface area contributed by atoms with E-state index in [0.29, 0.717) is 6.54 Å². The van der Waals surface area contributed by atoms with Crippen molar-refractivity contribution in [3.8, 4) is 0 Å². The summed E-state index contributed by atoms with van der Waals surface area (Å²) in [6.07, 6.45) is 5.52. The summed E-state index contributed by atoms with van der Waals surface area (Å²) in [5.74, 6) is 0. The summed E-state index contributed by atoms with van der Waals surface area (Å²) in [7, 11) is 0. The van der Waals surface area contributed by atoms with Crippen LogP contribution in [0.5, 0.6) is 0 Å². The number of hydrogen-bond donors (Lipinski definition) is 3. The third-order valence-electron chi connectivity index (χ3n) is 2.86. The number of nitrogens with zero attached hydrogens (tertiary/aromatic N) is 2. The van der Waals surface area contributed by atoms with Crippen molar-refractivity contribution in [3.63, 3.8) is 0 Å². The van der Waals surface area contributed by atoms with Crippen LogP contribution in [-0.4, -0.2) is 29.3 Å². The van der Waals surface area contributed by atoms with Crippen LogP contribution in [0.1, 0.15) is 18.5 Å². The first-order valence-electron chi connectivity index (χ1n) is 6.23. The molecule has 1 atom stereocenters. The van der Waals surface area contributed by atoms with E-state index in [1.54, 1.807) is 12.3 Å². The average molecular weight is 267 g/mol. The van der Waals surface area contributed by atoms with Crippen molar-refractivity contribution in [2.24, 2.45) is 0 Å². The van der Waals surface area contributed by atoms with Gasteiger partial charge >= 0.3 is 0 Å². The monoisotopic (exact) mass is 267 g/mol. The minimum absolute atomic E-state index is 0.162. The van der Waals surface area contributed by atoms with Gasteiger partial charge in [-0.25, -0.2) is 5.43 Å². The quantitative estimate of drug-likeness (QED) is 0.350. The first kappa shape index (κ1) is 13.7. The molecule has 8 nitrogen and oxygen atoms in total. The Balaban J connectivity index is 1.55. The highest BCUT2D eigenvalue weighted by Crippen LogP contribution is 2.05. The van der Waals surface area contributed by atoms with Gasteiger partial charge in [-0.05, 0) is 19.3 Å². The first-order valence-corrected chi connectivity index (χ1v) is 6.23. The molecule has 19 heavy (non-hydrogen) atoms. The standard InChI is InChI=1S/C11H17N5O3/c17-16(18)10-4-7-12-11(10)14-13-6-2-1-3-9-5-8-19-15-9/h4-5,8,11-14H,1-3,6-7H2. The number of nitro groups is 1. The zero-order valence-corrected chi connectivity index (χ0v) is 10.5. The molecule has 0 saturated carbocycles. The van der Waals surface area contributed by atoms with Gasteiger partial charge in [-0.2, -0.15) is 0 Å². The Kier molecular flexibility index (Phi) is 5.01. The summed E-state index contributed by atoms with van der Waals surface area (Å²) in [6, 6.07) is 1.85. The molecule has 0 saturated heterocycles. The SMILES string of the molecule is O=[N+]([O-])C1=CCNC1NNCCCCc1ccon1. The molecule has 2 rings (SSSR count). The summed E-state index contributed by atoms with van der Waals surface area (Å²) in [5, 5.41) is 17.5. The van der Waals surface area contributed by atoms with Crippen molar-refractivity contribution in [3.05, 3.63) is 39.9 Å². The van der Waals surface area contributed by atoms with Crippen LogP contribution in [0.25, 0.3) is 0 Å². The van der Waals surface area contributed by atoms with E-state index in [-0.39, 0.29) is 10.6 Å². The molecular formula is C11H17N5O3. The zero-order chi connectivity index (χ0) is 13.5. The molecule has 1 aliphatic heterocycles. The Morgan fingerprint density at radius 3 is 3.21 bits per heavy atom. The van der Waals surface area contributed by atoms with Gasteiger partial charge in [0.2, 0.25) is 0 Å². The minimum atomic E-state index is -0.425. The molecule has 1 aliphatic rings. The number of hydrazine groups is 1. The smallest absolute Gasteiger partial charge is 0.276 e. The lowest BCUT2D eigenvalue weighted by molar-refractivity contribution is -0.430. The van der Waals surface area contributed by atoms with E-state index in [4.69, 9.17) is 4.52 Å². The molecule has 1 aromatic heterocycles. The van der Waals surface area contributed by atoms with Crippen LogP contribution >= 0.6 is 0 Å². The topological polar surface area (TPSA) is 105 Å². The van der Waals surface area contributed by atoms with Gasteiger partial charge in [0, 0.05) is 25.2 Å². The summed E-state index contributed by atoms with van der Waals surface area (Å²) in [6.45, 7) is 1.25. The number of nitrogens with one attached hydrogen (secondary N) is 3. The molecule has 0 bridgehead atoms. The fourth-order valence-corrected chi connectivity index (χ4v) is 1.87. The van der Waals surface area contributed by atoms with Crippen molar-refractivity contribution in [2.45, 2.75) is 25.4 Å². The largest absolute Gasteiger partial charge is 0.365 e. The molecule has 0 radical (unpaired) electrons. The normalized spacial score (nSPS) is 18.5. The second kappa shape index (κ2) is 6.98. The average Bonchev–Trinajstić information content (AvgIpc) is 3.04. The van der Waals surface area contributed by atoms with Gasteiger partial charge in [0.1, 0.15) is 6.26 Å². The summed E-state index contributed by atoms with van der Waals surface area (Å²) >= 11 is 0. The predicted octanol–water partition coefficient (Wildman–Crippen LogP) is 0.181. The number of unbranched alkanes of at least 4 members (excludes halogenated alkanes) is 1. The molecule has 2 heterocycles. The second-order valence-electron chi connectivity index (χ2n) is 4.25. The molecular weight excluding hydrogens is 250 g/mol. The van der Waals surface area contributed by atoms with Gasteiger partial charge in [0.05, 0.1) is 10.6 Å². The number of aromatic nitrogens is 1. The Hall–Kier alpha value is -1.77. The van der Waals surface area contributed by atoms with E-state index in [9.17, 15) is 10.1 Å². The van der Waals surface area contributed by atoms with Crippen LogP contribution in [0.15, 0.2) is 28.6 Å². The predicted molar refractivity (Wildman–Crippen MR) is 67.4 cm³/mol. The van der Waals surface area contributed by atoms with Gasteiger partial charge in [0.15, 0.2) is 6.17 Å². The highest BCUT2D eigenvalue weighted by atomic mass is 16.6. The molecule has 0 amide bonds. The van der Waals surface area contributed by atoms with Gasteiger partial charge in [0.25, 0.3) is 5.70 Å². The van der Waals surface area contributed by atoms with Gasteiger partial charge in [-0.3, -0.25) is 20.9 Å².